The molecule has 0 aromatic heterocycles. The summed E-state index contributed by atoms with van der Waals surface area (Å²) in [6.45, 7) is 12.8. The first-order chi connectivity index (χ1) is 17.3. The van der Waals surface area contributed by atoms with Gasteiger partial charge >= 0.3 is 0 Å². The van der Waals surface area contributed by atoms with Crippen molar-refractivity contribution in [3.63, 3.8) is 0 Å². The zero-order valence-corrected chi connectivity index (χ0v) is 24.2. The monoisotopic (exact) mass is 529 g/mol. The van der Waals surface area contributed by atoms with Crippen molar-refractivity contribution in [1.29, 1.82) is 0 Å². The quantitative estimate of drug-likeness (QED) is 0.406. The van der Waals surface area contributed by atoms with Crippen molar-refractivity contribution in [2.45, 2.75) is 73.4 Å². The lowest BCUT2D eigenvalue weighted by Crippen LogP contribution is -2.49. The second kappa shape index (κ2) is 13.6. The third-order valence-electron chi connectivity index (χ3n) is 6.33. The second-order valence-corrected chi connectivity index (χ2v) is 12.2. The number of sulfonamides is 1. The number of carbonyl (C=O) groups is 2. The molecule has 2 aromatic carbocycles. The number of benzene rings is 2. The zero-order chi connectivity index (χ0) is 27.8. The van der Waals surface area contributed by atoms with E-state index in [-0.39, 0.29) is 24.8 Å². The number of rotatable bonds is 13. The van der Waals surface area contributed by atoms with Crippen LogP contribution in [0.5, 0.6) is 0 Å². The molecule has 0 saturated carbocycles. The molecule has 2 amide bonds. The Kier molecular flexibility index (Phi) is 11.2. The Labute approximate surface area is 223 Å². The largest absolute Gasteiger partial charge is 0.354 e. The molecule has 7 nitrogen and oxygen atoms in total. The van der Waals surface area contributed by atoms with Crippen LogP contribution in [0.15, 0.2) is 42.5 Å². The van der Waals surface area contributed by atoms with Crippen LogP contribution >= 0.6 is 0 Å². The number of amides is 2. The van der Waals surface area contributed by atoms with Crippen molar-refractivity contribution in [3.8, 4) is 0 Å². The van der Waals surface area contributed by atoms with Gasteiger partial charge in [-0.2, -0.15) is 0 Å². The Morgan fingerprint density at radius 3 is 2.16 bits per heavy atom. The van der Waals surface area contributed by atoms with Crippen molar-refractivity contribution in [3.05, 3.63) is 64.7 Å². The third-order valence-corrected chi connectivity index (χ3v) is 7.51. The summed E-state index contributed by atoms with van der Waals surface area (Å²) in [5.74, 6) is -0.0268. The normalized spacial score (nSPS) is 12.3. The van der Waals surface area contributed by atoms with Gasteiger partial charge in [0.1, 0.15) is 6.04 Å². The summed E-state index contributed by atoms with van der Waals surface area (Å²) >= 11 is 0. The Hall–Kier alpha value is -2.87. The fourth-order valence-corrected chi connectivity index (χ4v) is 5.22. The molecule has 0 saturated heterocycles. The average molecular weight is 530 g/mol. The summed E-state index contributed by atoms with van der Waals surface area (Å²) in [7, 11) is -3.53. The molecule has 0 aliphatic carbocycles. The smallest absolute Gasteiger partial charge is 0.242 e. The number of nitrogens with zero attached hydrogens (tertiary/aromatic N) is 2. The maximum absolute atomic E-state index is 13.5. The van der Waals surface area contributed by atoms with Crippen molar-refractivity contribution in [2.75, 3.05) is 23.7 Å². The van der Waals surface area contributed by atoms with Crippen molar-refractivity contribution >= 4 is 27.5 Å². The summed E-state index contributed by atoms with van der Waals surface area (Å²) in [5.41, 5.74) is 4.52. The fourth-order valence-electron chi connectivity index (χ4n) is 4.20. The van der Waals surface area contributed by atoms with Gasteiger partial charge in [-0.15, -0.1) is 0 Å². The molecule has 0 radical (unpaired) electrons. The van der Waals surface area contributed by atoms with Gasteiger partial charge in [0.05, 0.1) is 11.9 Å². The first-order valence-corrected chi connectivity index (χ1v) is 14.9. The van der Waals surface area contributed by atoms with E-state index in [1.54, 1.807) is 4.90 Å². The topological polar surface area (TPSA) is 86.8 Å². The van der Waals surface area contributed by atoms with E-state index in [1.807, 2.05) is 84.0 Å². The van der Waals surface area contributed by atoms with Crippen LogP contribution in [-0.2, 0) is 26.2 Å². The standard InChI is InChI=1S/C29H43N3O4S/c1-8-26(29(34)30-19-21(2)3)31(20-25-15-12-22(4)13-16-25)28(33)10-9-17-32(37(7,35)36)27-18-23(5)11-14-24(27)6/h11-16,18,21,26H,8-10,17,19-20H2,1-7H3,(H,30,34)/t26-/m0/s1. The van der Waals surface area contributed by atoms with Crippen LogP contribution in [0.3, 0.4) is 0 Å². The lowest BCUT2D eigenvalue weighted by atomic mass is 10.1. The van der Waals surface area contributed by atoms with E-state index in [4.69, 9.17) is 0 Å². The minimum atomic E-state index is -3.53. The maximum atomic E-state index is 13.5. The van der Waals surface area contributed by atoms with E-state index in [0.717, 1.165) is 22.3 Å². The molecule has 0 heterocycles. The van der Waals surface area contributed by atoms with Gasteiger partial charge in [0.2, 0.25) is 21.8 Å². The number of carbonyl (C=O) groups excluding carboxylic acids is 2. The number of hydrogen-bond acceptors (Lipinski definition) is 4. The molecular formula is C29H43N3O4S. The molecule has 0 aliphatic heterocycles. The van der Waals surface area contributed by atoms with Crippen molar-refractivity contribution < 1.29 is 18.0 Å². The van der Waals surface area contributed by atoms with Gasteiger partial charge in [-0.05, 0) is 62.3 Å². The molecule has 2 rings (SSSR count). The molecule has 0 bridgehead atoms. The zero-order valence-electron chi connectivity index (χ0n) is 23.4. The number of anilines is 1. The Morgan fingerprint density at radius 1 is 0.973 bits per heavy atom. The molecule has 0 unspecified atom stereocenters. The Balaban J connectivity index is 2.23. The first-order valence-electron chi connectivity index (χ1n) is 13.0. The third kappa shape index (κ3) is 9.18. The minimum Gasteiger partial charge on any atom is -0.354 e. The molecule has 2 aromatic rings. The first kappa shape index (κ1) is 30.4. The molecule has 0 spiro atoms. The molecule has 204 valence electrons. The van der Waals surface area contributed by atoms with E-state index in [0.29, 0.717) is 37.5 Å². The number of hydrogen-bond donors (Lipinski definition) is 1. The molecule has 8 heteroatoms. The predicted molar refractivity (Wildman–Crippen MR) is 151 cm³/mol. The van der Waals surface area contributed by atoms with E-state index < -0.39 is 16.1 Å². The molecule has 0 fully saturated rings. The van der Waals surface area contributed by atoms with Crippen molar-refractivity contribution in [2.24, 2.45) is 5.92 Å². The van der Waals surface area contributed by atoms with Crippen molar-refractivity contribution in [1.82, 2.24) is 10.2 Å². The van der Waals surface area contributed by atoms with Crippen LogP contribution in [0.2, 0.25) is 0 Å². The van der Waals surface area contributed by atoms with E-state index in [2.05, 4.69) is 5.32 Å². The molecule has 1 atom stereocenters. The van der Waals surface area contributed by atoms with Crippen LogP contribution in [0.1, 0.15) is 62.3 Å². The maximum Gasteiger partial charge on any atom is 0.242 e. The van der Waals surface area contributed by atoms with Crippen LogP contribution in [-0.4, -0.2) is 50.5 Å². The van der Waals surface area contributed by atoms with Gasteiger partial charge in [-0.1, -0.05) is 62.7 Å². The van der Waals surface area contributed by atoms with Gasteiger partial charge in [-0.25, -0.2) is 8.42 Å². The minimum absolute atomic E-state index is 0.136. The highest BCUT2D eigenvalue weighted by Crippen LogP contribution is 2.25. The number of nitrogens with one attached hydrogen (secondary N) is 1. The van der Waals surface area contributed by atoms with Crippen LogP contribution < -0.4 is 9.62 Å². The highest BCUT2D eigenvalue weighted by Gasteiger charge is 2.29. The summed E-state index contributed by atoms with van der Waals surface area (Å²) in [6.07, 6.45) is 2.15. The molecule has 0 aliphatic rings. The predicted octanol–water partition coefficient (Wildman–Crippen LogP) is 4.74. The van der Waals surface area contributed by atoms with Crippen LogP contribution in [0, 0.1) is 26.7 Å². The molecular weight excluding hydrogens is 486 g/mol. The van der Waals surface area contributed by atoms with E-state index in [1.165, 1.54) is 10.6 Å². The SMILES string of the molecule is CC[C@@H](C(=O)NCC(C)C)N(Cc1ccc(C)cc1)C(=O)CCCN(c1cc(C)ccc1C)S(C)(=O)=O. The Bertz CT molecular complexity index is 1160. The summed E-state index contributed by atoms with van der Waals surface area (Å²) in [6, 6.07) is 13.0. The lowest BCUT2D eigenvalue weighted by Gasteiger charge is -2.31. The molecule has 37 heavy (non-hydrogen) atoms. The molecule has 1 N–H and O–H groups in total. The van der Waals surface area contributed by atoms with Gasteiger partial charge in [0.25, 0.3) is 0 Å². The number of aryl methyl sites for hydroxylation is 3. The fraction of sp³-hybridized carbons (Fsp3) is 0.517. The Morgan fingerprint density at radius 2 is 1.59 bits per heavy atom. The summed E-state index contributed by atoms with van der Waals surface area (Å²) < 4.78 is 26.6. The second-order valence-electron chi connectivity index (χ2n) is 10.3. The lowest BCUT2D eigenvalue weighted by molar-refractivity contribution is -0.141. The highest BCUT2D eigenvalue weighted by atomic mass is 32.2. The van der Waals surface area contributed by atoms with Gasteiger partial charge in [0.15, 0.2) is 0 Å². The summed E-state index contributed by atoms with van der Waals surface area (Å²) in [4.78, 5) is 28.2. The highest BCUT2D eigenvalue weighted by molar-refractivity contribution is 7.92. The summed E-state index contributed by atoms with van der Waals surface area (Å²) in [5, 5.41) is 2.97. The van der Waals surface area contributed by atoms with E-state index in [9.17, 15) is 18.0 Å². The van der Waals surface area contributed by atoms with Gasteiger partial charge < -0.3 is 10.2 Å². The van der Waals surface area contributed by atoms with Crippen LogP contribution in [0.4, 0.5) is 5.69 Å². The average Bonchev–Trinajstić information content (AvgIpc) is 2.82. The van der Waals surface area contributed by atoms with E-state index >= 15 is 0 Å². The van der Waals surface area contributed by atoms with Gasteiger partial charge in [-0.3, -0.25) is 13.9 Å². The van der Waals surface area contributed by atoms with Gasteiger partial charge in [0, 0.05) is 26.1 Å². The van der Waals surface area contributed by atoms with Crippen LogP contribution in [0.25, 0.3) is 0 Å².